The van der Waals surface area contributed by atoms with Crippen LogP contribution in [0.15, 0.2) is 46.8 Å². The molecule has 24 heavy (non-hydrogen) atoms. The highest BCUT2D eigenvalue weighted by Crippen LogP contribution is 2.22. The number of hydrogen-bond donors (Lipinski definition) is 2. The van der Waals surface area contributed by atoms with Gasteiger partial charge in [0.1, 0.15) is 0 Å². The van der Waals surface area contributed by atoms with Crippen LogP contribution in [0.25, 0.3) is 10.2 Å². The Hall–Kier alpha value is -1.92. The molecule has 2 heterocycles. The van der Waals surface area contributed by atoms with Crippen molar-refractivity contribution in [3.05, 3.63) is 51.7 Å². The fraction of sp³-hybridized carbons (Fsp3) is 0.333. The third kappa shape index (κ3) is 4.79. The van der Waals surface area contributed by atoms with Crippen molar-refractivity contribution in [3.8, 4) is 0 Å². The van der Waals surface area contributed by atoms with Crippen molar-refractivity contribution >= 4 is 38.8 Å². The maximum absolute atomic E-state index is 4.68. The molecule has 0 spiro atoms. The summed E-state index contributed by atoms with van der Waals surface area (Å²) in [5.74, 6) is 0.884. The number of aliphatic imine (C=N–C) groups is 1. The zero-order chi connectivity index (χ0) is 16.6. The van der Waals surface area contributed by atoms with Gasteiger partial charge in [-0.3, -0.25) is 0 Å². The van der Waals surface area contributed by atoms with Gasteiger partial charge in [0.25, 0.3) is 0 Å². The van der Waals surface area contributed by atoms with Crippen LogP contribution >= 0.6 is 22.7 Å². The van der Waals surface area contributed by atoms with Crippen molar-refractivity contribution in [1.82, 2.24) is 15.6 Å². The van der Waals surface area contributed by atoms with E-state index in [4.69, 9.17) is 0 Å². The number of nitrogens with zero attached hydrogens (tertiary/aromatic N) is 2. The maximum Gasteiger partial charge on any atom is 0.191 e. The Morgan fingerprint density at radius 3 is 2.88 bits per heavy atom. The lowest BCUT2D eigenvalue weighted by molar-refractivity contribution is 0.742. The highest BCUT2D eigenvalue weighted by Gasteiger charge is 2.03. The molecule has 0 fully saturated rings. The van der Waals surface area contributed by atoms with Crippen LogP contribution in [0.3, 0.4) is 0 Å². The first-order valence-electron chi connectivity index (χ1n) is 8.24. The first-order valence-corrected chi connectivity index (χ1v) is 9.94. The van der Waals surface area contributed by atoms with Crippen molar-refractivity contribution in [3.63, 3.8) is 0 Å². The number of para-hydroxylation sites is 1. The van der Waals surface area contributed by atoms with Crippen LogP contribution in [0.1, 0.15) is 23.2 Å². The Kier molecular flexibility index (Phi) is 6.20. The predicted octanol–water partition coefficient (Wildman–Crippen LogP) is 4.05. The molecule has 0 atom stereocenters. The number of thiazole rings is 1. The first kappa shape index (κ1) is 16.9. The Balaban J connectivity index is 1.47. The van der Waals surface area contributed by atoms with Gasteiger partial charge in [-0.1, -0.05) is 18.2 Å². The predicted molar refractivity (Wildman–Crippen MR) is 105 cm³/mol. The van der Waals surface area contributed by atoms with Crippen LogP contribution in [0, 0.1) is 0 Å². The van der Waals surface area contributed by atoms with Gasteiger partial charge in [-0.15, -0.1) is 22.7 Å². The zero-order valence-corrected chi connectivity index (χ0v) is 15.4. The third-order valence-electron chi connectivity index (χ3n) is 3.52. The molecule has 2 N–H and O–H groups in total. The number of fused-ring (bicyclic) bond motifs is 1. The second-order valence-corrected chi connectivity index (χ2v) is 7.53. The fourth-order valence-electron chi connectivity index (χ4n) is 2.37. The van der Waals surface area contributed by atoms with Gasteiger partial charge in [-0.25, -0.2) is 9.98 Å². The van der Waals surface area contributed by atoms with E-state index in [-0.39, 0.29) is 0 Å². The van der Waals surface area contributed by atoms with Gasteiger partial charge >= 0.3 is 0 Å². The quantitative estimate of drug-likeness (QED) is 0.381. The molecule has 126 valence electrons. The summed E-state index contributed by atoms with van der Waals surface area (Å²) in [7, 11) is 0. The standard InChI is InChI=1S/C18H22N4S2/c1-2-19-18(21-13-14-7-6-12-23-14)20-11-5-10-17-22-15-8-3-4-9-16(15)24-17/h3-4,6-9,12H,2,5,10-11,13H2,1H3,(H2,19,20,21). The monoisotopic (exact) mass is 358 g/mol. The van der Waals surface area contributed by atoms with Crippen LogP contribution in [0.5, 0.6) is 0 Å². The number of rotatable bonds is 7. The van der Waals surface area contributed by atoms with Gasteiger partial charge in [0, 0.05) is 24.4 Å². The molecule has 1 aromatic carbocycles. The molecule has 0 aliphatic carbocycles. The van der Waals surface area contributed by atoms with Crippen LogP contribution in [0.2, 0.25) is 0 Å². The second kappa shape index (κ2) is 8.80. The number of nitrogens with one attached hydrogen (secondary N) is 2. The molecule has 3 rings (SSSR count). The molecule has 3 aromatic rings. The Morgan fingerprint density at radius 2 is 2.08 bits per heavy atom. The number of benzene rings is 1. The summed E-state index contributed by atoms with van der Waals surface area (Å²) in [6.45, 7) is 4.58. The van der Waals surface area contributed by atoms with E-state index in [1.165, 1.54) is 14.6 Å². The van der Waals surface area contributed by atoms with Gasteiger partial charge in [-0.05, 0) is 36.9 Å². The smallest absolute Gasteiger partial charge is 0.191 e. The summed E-state index contributed by atoms with van der Waals surface area (Å²) in [5, 5.41) is 10.00. The molecule has 0 aliphatic heterocycles. The number of aryl methyl sites for hydroxylation is 1. The minimum absolute atomic E-state index is 0.727. The van der Waals surface area contributed by atoms with Crippen LogP contribution < -0.4 is 10.6 Å². The Labute approximate surface area is 150 Å². The average Bonchev–Trinajstić information content (AvgIpc) is 3.25. The van der Waals surface area contributed by atoms with Crippen molar-refractivity contribution in [2.45, 2.75) is 26.3 Å². The molecule has 0 bridgehead atoms. The molecule has 2 aromatic heterocycles. The topological polar surface area (TPSA) is 49.3 Å². The summed E-state index contributed by atoms with van der Waals surface area (Å²) in [4.78, 5) is 10.6. The number of guanidine groups is 1. The van der Waals surface area contributed by atoms with Crippen LogP contribution in [-0.4, -0.2) is 24.0 Å². The van der Waals surface area contributed by atoms with Gasteiger partial charge in [0.05, 0.1) is 21.8 Å². The van der Waals surface area contributed by atoms with Crippen molar-refractivity contribution < 1.29 is 0 Å². The lowest BCUT2D eigenvalue weighted by atomic mass is 10.3. The SMILES string of the molecule is CCNC(=NCc1cccs1)NCCCc1nc2ccccc2s1. The lowest BCUT2D eigenvalue weighted by Crippen LogP contribution is -2.37. The van der Waals surface area contributed by atoms with Crippen LogP contribution in [-0.2, 0) is 13.0 Å². The largest absolute Gasteiger partial charge is 0.357 e. The van der Waals surface area contributed by atoms with E-state index in [1.807, 2.05) is 6.07 Å². The summed E-state index contributed by atoms with van der Waals surface area (Å²) in [6.07, 6.45) is 2.04. The number of aromatic nitrogens is 1. The third-order valence-corrected chi connectivity index (χ3v) is 5.47. The molecule has 0 saturated heterocycles. The second-order valence-electron chi connectivity index (χ2n) is 5.38. The highest BCUT2D eigenvalue weighted by atomic mass is 32.1. The molecular weight excluding hydrogens is 336 g/mol. The molecule has 0 unspecified atom stereocenters. The van der Waals surface area contributed by atoms with Gasteiger partial charge in [0.15, 0.2) is 5.96 Å². The molecule has 0 aliphatic rings. The van der Waals surface area contributed by atoms with Crippen molar-refractivity contribution in [2.75, 3.05) is 13.1 Å². The lowest BCUT2D eigenvalue weighted by Gasteiger charge is -2.10. The van der Waals surface area contributed by atoms with E-state index in [2.05, 4.69) is 63.2 Å². The fourth-order valence-corrected chi connectivity index (χ4v) is 4.01. The van der Waals surface area contributed by atoms with E-state index in [1.54, 1.807) is 22.7 Å². The van der Waals surface area contributed by atoms with Gasteiger partial charge in [0.2, 0.25) is 0 Å². The van der Waals surface area contributed by atoms with Gasteiger partial charge < -0.3 is 10.6 Å². The molecular formula is C18H22N4S2. The van der Waals surface area contributed by atoms with E-state index >= 15 is 0 Å². The van der Waals surface area contributed by atoms with E-state index in [0.29, 0.717) is 0 Å². The minimum atomic E-state index is 0.727. The summed E-state index contributed by atoms with van der Waals surface area (Å²) < 4.78 is 1.27. The van der Waals surface area contributed by atoms with Crippen molar-refractivity contribution in [2.24, 2.45) is 4.99 Å². The van der Waals surface area contributed by atoms with E-state index in [0.717, 1.165) is 44.0 Å². The Bertz CT molecular complexity index is 744. The number of thiophene rings is 1. The molecule has 0 saturated carbocycles. The summed E-state index contributed by atoms with van der Waals surface area (Å²) >= 11 is 3.53. The normalized spacial score (nSPS) is 11.8. The summed E-state index contributed by atoms with van der Waals surface area (Å²) in [6, 6.07) is 12.5. The summed E-state index contributed by atoms with van der Waals surface area (Å²) in [5.41, 5.74) is 1.11. The Morgan fingerprint density at radius 1 is 1.17 bits per heavy atom. The minimum Gasteiger partial charge on any atom is -0.357 e. The van der Waals surface area contributed by atoms with Crippen molar-refractivity contribution in [1.29, 1.82) is 0 Å². The van der Waals surface area contributed by atoms with E-state index in [9.17, 15) is 0 Å². The zero-order valence-electron chi connectivity index (χ0n) is 13.8. The first-order chi connectivity index (χ1) is 11.8. The molecule has 6 heteroatoms. The number of hydrogen-bond acceptors (Lipinski definition) is 4. The van der Waals surface area contributed by atoms with E-state index < -0.39 is 0 Å². The van der Waals surface area contributed by atoms with Gasteiger partial charge in [-0.2, -0.15) is 0 Å². The molecule has 0 radical (unpaired) electrons. The molecule has 4 nitrogen and oxygen atoms in total. The maximum atomic E-state index is 4.68. The molecule has 0 amide bonds. The van der Waals surface area contributed by atoms with Crippen LogP contribution in [0.4, 0.5) is 0 Å². The average molecular weight is 359 g/mol. The highest BCUT2D eigenvalue weighted by molar-refractivity contribution is 7.18.